The fraction of sp³-hybridized carbons (Fsp3) is 0.417. The first kappa shape index (κ1) is 12.7. The van der Waals surface area contributed by atoms with Crippen molar-refractivity contribution >= 4 is 33.4 Å². The number of benzene rings is 1. The van der Waals surface area contributed by atoms with E-state index in [1.165, 1.54) is 6.42 Å². The summed E-state index contributed by atoms with van der Waals surface area (Å²) in [6.45, 7) is 0.0233. The van der Waals surface area contributed by atoms with E-state index in [1.807, 2.05) is 0 Å². The van der Waals surface area contributed by atoms with Crippen molar-refractivity contribution in [1.82, 2.24) is 5.32 Å². The van der Waals surface area contributed by atoms with Gasteiger partial charge in [-0.3, -0.25) is 4.79 Å². The lowest BCUT2D eigenvalue weighted by Crippen LogP contribution is -2.41. The van der Waals surface area contributed by atoms with Crippen molar-refractivity contribution in [3.05, 3.63) is 27.7 Å². The fourth-order valence-corrected chi connectivity index (χ4v) is 2.11. The second-order valence-corrected chi connectivity index (χ2v) is 5.24. The second kappa shape index (κ2) is 5.74. The molecule has 1 fully saturated rings. The molecule has 0 unspecified atom stereocenters. The summed E-state index contributed by atoms with van der Waals surface area (Å²) in [6, 6.07) is 5.65. The first-order valence-corrected chi connectivity index (χ1v) is 6.70. The Hall–Kier alpha value is -0.740. The SMILES string of the molecule is O=C(COc1cccc(Cl)c1Br)NC1CCC1. The number of ether oxygens (including phenoxy) is 1. The van der Waals surface area contributed by atoms with Gasteiger partial charge in [-0.15, -0.1) is 0 Å². The third kappa shape index (κ3) is 3.36. The lowest BCUT2D eigenvalue weighted by atomic mass is 9.93. The van der Waals surface area contributed by atoms with Crippen molar-refractivity contribution in [3.8, 4) is 5.75 Å². The molecule has 0 radical (unpaired) electrons. The van der Waals surface area contributed by atoms with Gasteiger partial charge in [-0.1, -0.05) is 17.7 Å². The Morgan fingerprint density at radius 2 is 2.29 bits per heavy atom. The number of halogens is 2. The number of hydrogen-bond acceptors (Lipinski definition) is 2. The monoisotopic (exact) mass is 317 g/mol. The largest absolute Gasteiger partial charge is 0.483 e. The van der Waals surface area contributed by atoms with Crippen molar-refractivity contribution < 1.29 is 9.53 Å². The predicted octanol–water partition coefficient (Wildman–Crippen LogP) is 3.15. The van der Waals surface area contributed by atoms with E-state index in [2.05, 4.69) is 21.2 Å². The lowest BCUT2D eigenvalue weighted by Gasteiger charge is -2.26. The molecule has 3 nitrogen and oxygen atoms in total. The van der Waals surface area contributed by atoms with Crippen LogP contribution in [0.3, 0.4) is 0 Å². The van der Waals surface area contributed by atoms with Gasteiger partial charge < -0.3 is 10.1 Å². The summed E-state index contributed by atoms with van der Waals surface area (Å²) in [4.78, 5) is 11.5. The molecule has 0 saturated heterocycles. The van der Waals surface area contributed by atoms with E-state index in [0.29, 0.717) is 21.3 Å². The minimum atomic E-state index is -0.0819. The van der Waals surface area contributed by atoms with Gasteiger partial charge >= 0.3 is 0 Å². The minimum absolute atomic E-state index is 0.0233. The highest BCUT2D eigenvalue weighted by Crippen LogP contribution is 2.31. The van der Waals surface area contributed by atoms with Gasteiger partial charge in [0.15, 0.2) is 6.61 Å². The van der Waals surface area contributed by atoms with Crippen LogP contribution in [-0.2, 0) is 4.79 Å². The number of rotatable bonds is 4. The summed E-state index contributed by atoms with van der Waals surface area (Å²) in [6.07, 6.45) is 3.35. The Bertz CT molecular complexity index is 421. The van der Waals surface area contributed by atoms with Crippen LogP contribution in [0.5, 0.6) is 5.75 Å². The van der Waals surface area contributed by atoms with Crippen molar-refractivity contribution in [1.29, 1.82) is 0 Å². The van der Waals surface area contributed by atoms with E-state index < -0.39 is 0 Å². The molecule has 5 heteroatoms. The molecule has 2 rings (SSSR count). The third-order valence-electron chi connectivity index (χ3n) is 2.75. The highest BCUT2D eigenvalue weighted by molar-refractivity contribution is 9.10. The molecule has 1 aliphatic carbocycles. The van der Waals surface area contributed by atoms with Gasteiger partial charge in [0.2, 0.25) is 0 Å². The molecule has 0 bridgehead atoms. The molecule has 1 aromatic rings. The van der Waals surface area contributed by atoms with Gasteiger partial charge in [0.1, 0.15) is 5.75 Å². The van der Waals surface area contributed by atoms with Crippen LogP contribution < -0.4 is 10.1 Å². The van der Waals surface area contributed by atoms with Crippen molar-refractivity contribution in [2.45, 2.75) is 25.3 Å². The second-order valence-electron chi connectivity index (χ2n) is 4.04. The molecule has 1 aliphatic rings. The van der Waals surface area contributed by atoms with Crippen molar-refractivity contribution in [2.24, 2.45) is 0 Å². The third-order valence-corrected chi connectivity index (χ3v) is 4.11. The maximum absolute atomic E-state index is 11.5. The molecule has 0 atom stereocenters. The average Bonchev–Trinajstić information content (AvgIpc) is 2.26. The zero-order valence-electron chi connectivity index (χ0n) is 9.21. The first-order chi connectivity index (χ1) is 8.16. The smallest absolute Gasteiger partial charge is 0.258 e. The molecule has 17 heavy (non-hydrogen) atoms. The van der Waals surface area contributed by atoms with Gasteiger partial charge in [-0.25, -0.2) is 0 Å². The summed E-state index contributed by atoms with van der Waals surface area (Å²) in [5.41, 5.74) is 0. The van der Waals surface area contributed by atoms with Crippen LogP contribution in [-0.4, -0.2) is 18.6 Å². The summed E-state index contributed by atoms with van der Waals surface area (Å²) in [7, 11) is 0. The molecular formula is C12H13BrClNO2. The van der Waals surface area contributed by atoms with Gasteiger partial charge in [0.05, 0.1) is 9.50 Å². The summed E-state index contributed by atoms with van der Waals surface area (Å²) >= 11 is 9.23. The van der Waals surface area contributed by atoms with Gasteiger partial charge in [0, 0.05) is 6.04 Å². The summed E-state index contributed by atoms with van der Waals surface area (Å²) < 4.78 is 6.08. The topological polar surface area (TPSA) is 38.3 Å². The Balaban J connectivity index is 1.84. The number of carbonyl (C=O) groups excluding carboxylic acids is 1. The molecular weight excluding hydrogens is 305 g/mol. The Labute approximate surface area is 114 Å². The van der Waals surface area contributed by atoms with Crippen LogP contribution >= 0.6 is 27.5 Å². The maximum Gasteiger partial charge on any atom is 0.258 e. The van der Waals surface area contributed by atoms with Gasteiger partial charge in [-0.2, -0.15) is 0 Å². The summed E-state index contributed by atoms with van der Waals surface area (Å²) in [5, 5.41) is 3.48. The number of amides is 1. The molecule has 1 N–H and O–H groups in total. The number of nitrogens with one attached hydrogen (secondary N) is 1. The summed E-state index contributed by atoms with van der Waals surface area (Å²) in [5.74, 6) is 0.503. The van der Waals surface area contributed by atoms with Gasteiger partial charge in [0.25, 0.3) is 5.91 Å². The molecule has 1 saturated carbocycles. The molecule has 0 aliphatic heterocycles. The van der Waals surface area contributed by atoms with E-state index in [0.717, 1.165) is 12.8 Å². The van der Waals surface area contributed by atoms with E-state index in [9.17, 15) is 4.79 Å². The molecule has 0 spiro atoms. The van der Waals surface area contributed by atoms with E-state index >= 15 is 0 Å². The van der Waals surface area contributed by atoms with Crippen LogP contribution in [0, 0.1) is 0 Å². The molecule has 92 valence electrons. The van der Waals surface area contributed by atoms with Crippen LogP contribution in [0.15, 0.2) is 22.7 Å². The quantitative estimate of drug-likeness (QED) is 0.926. The Morgan fingerprint density at radius 3 is 2.94 bits per heavy atom. The maximum atomic E-state index is 11.5. The molecule has 0 aromatic heterocycles. The zero-order valence-corrected chi connectivity index (χ0v) is 11.6. The highest BCUT2D eigenvalue weighted by Gasteiger charge is 2.19. The van der Waals surface area contributed by atoms with Crippen molar-refractivity contribution in [2.75, 3.05) is 6.61 Å². The van der Waals surface area contributed by atoms with Crippen LogP contribution in [0.4, 0.5) is 0 Å². The lowest BCUT2D eigenvalue weighted by molar-refractivity contribution is -0.124. The first-order valence-electron chi connectivity index (χ1n) is 5.53. The highest BCUT2D eigenvalue weighted by atomic mass is 79.9. The number of hydrogen-bond donors (Lipinski definition) is 1. The average molecular weight is 319 g/mol. The zero-order chi connectivity index (χ0) is 12.3. The number of carbonyl (C=O) groups is 1. The predicted molar refractivity (Wildman–Crippen MR) is 70.4 cm³/mol. The van der Waals surface area contributed by atoms with Crippen molar-refractivity contribution in [3.63, 3.8) is 0 Å². The Morgan fingerprint density at radius 1 is 1.53 bits per heavy atom. The van der Waals surface area contributed by atoms with Crippen LogP contribution in [0.1, 0.15) is 19.3 Å². The van der Waals surface area contributed by atoms with Crippen LogP contribution in [0.2, 0.25) is 5.02 Å². The van der Waals surface area contributed by atoms with Crippen LogP contribution in [0.25, 0.3) is 0 Å². The molecule has 1 aromatic carbocycles. The normalized spacial score (nSPS) is 15.2. The molecule has 0 heterocycles. The Kier molecular flexibility index (Phi) is 4.29. The standard InChI is InChI=1S/C12H13BrClNO2/c13-12-9(14)5-2-6-10(12)17-7-11(16)15-8-3-1-4-8/h2,5-6,8H,1,3-4,7H2,(H,15,16). The molecule has 1 amide bonds. The van der Waals surface area contributed by atoms with E-state index in [1.54, 1.807) is 18.2 Å². The fourth-order valence-electron chi connectivity index (χ4n) is 1.56. The van der Waals surface area contributed by atoms with E-state index in [4.69, 9.17) is 16.3 Å². The van der Waals surface area contributed by atoms with E-state index in [-0.39, 0.29) is 12.5 Å². The van der Waals surface area contributed by atoms with Gasteiger partial charge in [-0.05, 0) is 47.3 Å². The minimum Gasteiger partial charge on any atom is -0.483 e.